The molecule has 0 saturated carbocycles. The third-order valence-corrected chi connectivity index (χ3v) is 1.76. The van der Waals surface area contributed by atoms with Gasteiger partial charge in [-0.25, -0.2) is 4.98 Å². The average molecular weight is 233 g/mol. The summed E-state index contributed by atoms with van der Waals surface area (Å²) in [5.74, 6) is 0.596. The average Bonchev–Trinajstić information content (AvgIpc) is 2.27. The van der Waals surface area contributed by atoms with Gasteiger partial charge in [-0.1, -0.05) is 0 Å². The van der Waals surface area contributed by atoms with Crippen molar-refractivity contribution in [3.8, 4) is 11.5 Å². The predicted molar refractivity (Wildman–Crippen MR) is 43.5 cm³/mol. The molecule has 0 bridgehead atoms. The molecule has 11 heavy (non-hydrogen) atoms. The molecule has 0 aliphatic carbocycles. The fourth-order valence-electron chi connectivity index (χ4n) is 0.761. The van der Waals surface area contributed by atoms with Gasteiger partial charge in [0.1, 0.15) is 10.3 Å². The van der Waals surface area contributed by atoms with Crippen molar-refractivity contribution >= 4 is 27.5 Å². The lowest BCUT2D eigenvalue weighted by atomic mass is 10.4. The summed E-state index contributed by atoms with van der Waals surface area (Å²) >= 11 is 8.74. The first-order chi connectivity index (χ1) is 5.25. The molecular weight excluding hydrogens is 231 g/mol. The van der Waals surface area contributed by atoms with Gasteiger partial charge in [0.15, 0.2) is 5.82 Å². The molecule has 4 nitrogen and oxygen atoms in total. The first-order valence-corrected chi connectivity index (χ1v) is 3.97. The van der Waals surface area contributed by atoms with E-state index >= 15 is 0 Å². The second kappa shape index (κ2) is 2.42. The van der Waals surface area contributed by atoms with Crippen LogP contribution >= 0.6 is 27.5 Å². The van der Waals surface area contributed by atoms with Crippen molar-refractivity contribution < 1.29 is 0 Å². The van der Waals surface area contributed by atoms with Gasteiger partial charge >= 0.3 is 0 Å². The zero-order chi connectivity index (χ0) is 7.84. The highest BCUT2D eigenvalue weighted by Gasteiger charge is 2.09. The van der Waals surface area contributed by atoms with Gasteiger partial charge in [-0.3, -0.25) is 5.10 Å². The molecule has 0 saturated heterocycles. The van der Waals surface area contributed by atoms with Crippen LogP contribution in [0.3, 0.4) is 0 Å². The van der Waals surface area contributed by atoms with Crippen molar-refractivity contribution in [1.29, 1.82) is 0 Å². The van der Waals surface area contributed by atoms with Crippen LogP contribution in [-0.2, 0) is 0 Å². The van der Waals surface area contributed by atoms with Crippen LogP contribution in [0.5, 0.6) is 0 Å². The van der Waals surface area contributed by atoms with Crippen LogP contribution in [-0.4, -0.2) is 20.2 Å². The lowest BCUT2D eigenvalue weighted by Crippen LogP contribution is -1.88. The molecule has 2 aliphatic rings. The molecule has 2 heterocycles. The van der Waals surface area contributed by atoms with E-state index in [2.05, 4.69) is 36.1 Å². The van der Waals surface area contributed by atoms with Crippen LogP contribution < -0.4 is 0 Å². The molecule has 0 atom stereocenters. The topological polar surface area (TPSA) is 54.5 Å². The summed E-state index contributed by atoms with van der Waals surface area (Å²) in [6, 6.07) is 1.74. The molecule has 2 aliphatic heterocycles. The Bertz CT molecular complexity index is 360. The van der Waals surface area contributed by atoms with Gasteiger partial charge in [0.2, 0.25) is 5.28 Å². The molecule has 1 N–H and O–H groups in total. The summed E-state index contributed by atoms with van der Waals surface area (Å²) in [4.78, 5) is 7.80. The molecule has 2 rings (SSSR count). The Hall–Kier alpha value is -0.680. The van der Waals surface area contributed by atoms with E-state index in [1.54, 1.807) is 6.07 Å². The number of hydrogen-bond acceptors (Lipinski definition) is 3. The zero-order valence-corrected chi connectivity index (χ0v) is 7.52. The number of rotatable bonds is 0. The molecule has 0 aromatic carbocycles. The first kappa shape index (κ1) is 7.00. The smallest absolute Gasteiger partial charge is 0.225 e. The lowest BCUT2D eigenvalue weighted by Gasteiger charge is -1.92. The van der Waals surface area contributed by atoms with Crippen molar-refractivity contribution in [2.75, 3.05) is 0 Å². The quantitative estimate of drug-likeness (QED) is 0.754. The number of H-pyrrole nitrogens is 1. The SMILES string of the molecule is Clc1nc2cc(Br)n[nH]c-2n1. The van der Waals surface area contributed by atoms with Crippen LogP contribution in [0.2, 0.25) is 5.28 Å². The van der Waals surface area contributed by atoms with Gasteiger partial charge < -0.3 is 0 Å². The number of imidazole rings is 1. The highest BCUT2D eigenvalue weighted by Crippen LogP contribution is 2.19. The van der Waals surface area contributed by atoms with Gasteiger partial charge in [-0.2, -0.15) is 10.1 Å². The number of aromatic nitrogens is 4. The number of nitrogens with zero attached hydrogens (tertiary/aromatic N) is 3. The minimum Gasteiger partial charge on any atom is -0.258 e. The molecule has 56 valence electrons. The molecule has 0 amide bonds. The number of halogens is 2. The largest absolute Gasteiger partial charge is 0.258 e. The maximum absolute atomic E-state index is 5.55. The van der Waals surface area contributed by atoms with Crippen molar-refractivity contribution in [2.24, 2.45) is 0 Å². The van der Waals surface area contributed by atoms with Gasteiger partial charge in [0.25, 0.3) is 0 Å². The van der Waals surface area contributed by atoms with E-state index in [0.29, 0.717) is 16.1 Å². The fourth-order valence-corrected chi connectivity index (χ4v) is 1.24. The second-order valence-corrected chi connectivity index (χ2v) is 3.07. The highest BCUT2D eigenvalue weighted by atomic mass is 79.9. The molecule has 0 unspecified atom stereocenters. The molecular formula is C5H2BrClN4. The minimum atomic E-state index is 0.233. The maximum Gasteiger partial charge on any atom is 0.225 e. The van der Waals surface area contributed by atoms with E-state index in [4.69, 9.17) is 11.6 Å². The molecule has 6 heteroatoms. The number of fused-ring (bicyclic) bond motifs is 1. The molecule has 0 aromatic heterocycles. The predicted octanol–water partition coefficient (Wildman–Crippen LogP) is 1.72. The zero-order valence-electron chi connectivity index (χ0n) is 5.17. The van der Waals surface area contributed by atoms with E-state index in [1.807, 2.05) is 0 Å². The van der Waals surface area contributed by atoms with E-state index in [-0.39, 0.29) is 5.28 Å². The normalized spacial score (nSPS) is 10.7. The highest BCUT2D eigenvalue weighted by molar-refractivity contribution is 9.10. The summed E-state index contributed by atoms with van der Waals surface area (Å²) < 4.78 is 0.682. The molecule has 0 aromatic rings. The summed E-state index contributed by atoms with van der Waals surface area (Å²) in [6.45, 7) is 0. The Balaban J connectivity index is 2.73. The van der Waals surface area contributed by atoms with Crippen molar-refractivity contribution in [3.63, 3.8) is 0 Å². The van der Waals surface area contributed by atoms with E-state index in [0.717, 1.165) is 0 Å². The first-order valence-electron chi connectivity index (χ1n) is 2.80. The van der Waals surface area contributed by atoms with Gasteiger partial charge in [-0.15, -0.1) is 0 Å². The maximum atomic E-state index is 5.55. The van der Waals surface area contributed by atoms with Crippen molar-refractivity contribution in [2.45, 2.75) is 0 Å². The molecule has 0 spiro atoms. The van der Waals surface area contributed by atoms with Crippen LogP contribution in [0.25, 0.3) is 11.5 Å². The number of aromatic amines is 1. The Morgan fingerprint density at radius 3 is 3.09 bits per heavy atom. The summed E-state index contributed by atoms with van der Waals surface area (Å²) in [5, 5.41) is 6.77. The number of nitrogens with one attached hydrogen (secondary N) is 1. The fraction of sp³-hybridized carbons (Fsp3) is 0. The minimum absolute atomic E-state index is 0.233. The van der Waals surface area contributed by atoms with Gasteiger partial charge in [0.05, 0.1) is 0 Å². The van der Waals surface area contributed by atoms with Crippen LogP contribution in [0.4, 0.5) is 0 Å². The Kier molecular flexibility index (Phi) is 1.54. The Morgan fingerprint density at radius 1 is 1.45 bits per heavy atom. The number of hydrogen-bond donors (Lipinski definition) is 1. The van der Waals surface area contributed by atoms with Crippen molar-refractivity contribution in [3.05, 3.63) is 16.0 Å². The standard InChI is InChI=1S/C5H2BrClN4/c6-3-1-2-4(11-10-3)9-5(7)8-2/h1H,(H,8,9,11). The summed E-state index contributed by atoms with van der Waals surface area (Å²) in [5.41, 5.74) is 0.705. The summed E-state index contributed by atoms with van der Waals surface area (Å²) in [6.07, 6.45) is 0. The third kappa shape index (κ3) is 1.21. The Labute approximate surface area is 75.5 Å². The van der Waals surface area contributed by atoms with Gasteiger partial charge in [0, 0.05) is 6.07 Å². The van der Waals surface area contributed by atoms with E-state index in [9.17, 15) is 0 Å². The van der Waals surface area contributed by atoms with Crippen LogP contribution in [0.1, 0.15) is 0 Å². The van der Waals surface area contributed by atoms with Gasteiger partial charge in [-0.05, 0) is 27.5 Å². The van der Waals surface area contributed by atoms with Crippen LogP contribution in [0, 0.1) is 0 Å². The van der Waals surface area contributed by atoms with Crippen LogP contribution in [0.15, 0.2) is 10.7 Å². The van der Waals surface area contributed by atoms with E-state index in [1.165, 1.54) is 0 Å². The lowest BCUT2D eigenvalue weighted by molar-refractivity contribution is 0.986. The van der Waals surface area contributed by atoms with E-state index < -0.39 is 0 Å². The Morgan fingerprint density at radius 2 is 2.27 bits per heavy atom. The molecule has 0 fully saturated rings. The third-order valence-electron chi connectivity index (χ3n) is 1.18. The summed E-state index contributed by atoms with van der Waals surface area (Å²) in [7, 11) is 0. The monoisotopic (exact) mass is 232 g/mol. The second-order valence-electron chi connectivity index (χ2n) is 1.92. The molecule has 0 radical (unpaired) electrons. The van der Waals surface area contributed by atoms with Crippen molar-refractivity contribution in [1.82, 2.24) is 20.2 Å².